The Morgan fingerprint density at radius 2 is 1.85 bits per heavy atom. The second-order valence-corrected chi connectivity index (χ2v) is 6.73. The summed E-state index contributed by atoms with van der Waals surface area (Å²) in [7, 11) is -3.83. The number of nitrogens with one attached hydrogen (secondary N) is 2. The Balaban J connectivity index is 2.14. The second-order valence-electron chi connectivity index (χ2n) is 3.78. The number of rotatable bonds is 5. The summed E-state index contributed by atoms with van der Waals surface area (Å²) in [6, 6.07) is 2.64. The van der Waals surface area contributed by atoms with Crippen molar-refractivity contribution in [3.63, 3.8) is 0 Å². The van der Waals surface area contributed by atoms with E-state index in [-0.39, 0.29) is 26.5 Å². The van der Waals surface area contributed by atoms with E-state index < -0.39 is 10.0 Å². The van der Waals surface area contributed by atoms with E-state index >= 15 is 0 Å². The predicted molar refractivity (Wildman–Crippen MR) is 76.7 cm³/mol. The summed E-state index contributed by atoms with van der Waals surface area (Å²) in [5.41, 5.74) is 0. The van der Waals surface area contributed by atoms with E-state index in [9.17, 15) is 8.42 Å². The van der Waals surface area contributed by atoms with Crippen molar-refractivity contribution in [1.82, 2.24) is 19.9 Å². The van der Waals surface area contributed by atoms with Crippen molar-refractivity contribution in [2.75, 3.05) is 6.54 Å². The molecule has 0 atom stereocenters. The molecule has 0 bridgehead atoms. The largest absolute Gasteiger partial charge is 0.263 e. The van der Waals surface area contributed by atoms with Crippen molar-refractivity contribution in [3.05, 3.63) is 39.4 Å². The number of sulfonamides is 1. The maximum Gasteiger partial charge on any atom is 0.243 e. The Morgan fingerprint density at radius 1 is 1.20 bits per heavy atom. The van der Waals surface area contributed by atoms with Crippen molar-refractivity contribution >= 4 is 44.8 Å². The van der Waals surface area contributed by atoms with E-state index in [1.807, 2.05) is 0 Å². The fourth-order valence-electron chi connectivity index (χ4n) is 1.51. The minimum Gasteiger partial charge on any atom is -0.263 e. The fraction of sp³-hybridized carbons (Fsp3) is 0.200. The van der Waals surface area contributed by atoms with Gasteiger partial charge in [-0.2, -0.15) is 5.10 Å². The first-order chi connectivity index (χ1) is 9.40. The normalized spacial score (nSPS) is 11.8. The smallest absolute Gasteiger partial charge is 0.243 e. The first-order valence-corrected chi connectivity index (χ1v) is 8.00. The van der Waals surface area contributed by atoms with E-state index in [4.69, 9.17) is 34.8 Å². The van der Waals surface area contributed by atoms with Crippen LogP contribution in [0, 0.1) is 0 Å². The van der Waals surface area contributed by atoms with Gasteiger partial charge in [-0.1, -0.05) is 34.8 Å². The third-order valence-corrected chi connectivity index (χ3v) is 4.95. The van der Waals surface area contributed by atoms with Crippen LogP contribution in [-0.2, 0) is 16.4 Å². The summed E-state index contributed by atoms with van der Waals surface area (Å²) in [5.74, 6) is 0.570. The first kappa shape index (κ1) is 15.5. The van der Waals surface area contributed by atoms with Gasteiger partial charge in [0.1, 0.15) is 17.0 Å². The molecule has 108 valence electrons. The molecule has 10 heteroatoms. The molecule has 1 aromatic heterocycles. The number of nitrogens with zero attached hydrogens (tertiary/aromatic N) is 2. The van der Waals surface area contributed by atoms with Crippen molar-refractivity contribution in [3.8, 4) is 0 Å². The lowest BCUT2D eigenvalue weighted by Crippen LogP contribution is -2.26. The van der Waals surface area contributed by atoms with Gasteiger partial charge in [-0.15, -0.1) is 0 Å². The Labute approximate surface area is 130 Å². The number of H-pyrrole nitrogens is 1. The molecule has 0 saturated heterocycles. The third-order valence-electron chi connectivity index (χ3n) is 2.35. The van der Waals surface area contributed by atoms with Crippen molar-refractivity contribution in [2.24, 2.45) is 0 Å². The van der Waals surface area contributed by atoms with Gasteiger partial charge in [-0.25, -0.2) is 18.1 Å². The molecule has 1 aromatic carbocycles. The molecule has 2 rings (SSSR count). The number of aromatic nitrogens is 3. The summed E-state index contributed by atoms with van der Waals surface area (Å²) < 4.78 is 26.7. The Hall–Kier alpha value is -0.860. The van der Waals surface area contributed by atoms with Gasteiger partial charge in [0.25, 0.3) is 0 Å². The highest BCUT2D eigenvalue weighted by molar-refractivity contribution is 7.89. The highest BCUT2D eigenvalue weighted by Gasteiger charge is 2.22. The molecule has 0 spiro atoms. The van der Waals surface area contributed by atoms with Crippen LogP contribution in [-0.4, -0.2) is 30.1 Å². The summed E-state index contributed by atoms with van der Waals surface area (Å²) in [6.07, 6.45) is 1.71. The quantitative estimate of drug-likeness (QED) is 0.861. The molecule has 0 unspecified atom stereocenters. The number of benzene rings is 1. The molecule has 0 aliphatic carbocycles. The van der Waals surface area contributed by atoms with Crippen LogP contribution in [0.1, 0.15) is 5.82 Å². The van der Waals surface area contributed by atoms with E-state index in [0.29, 0.717) is 12.2 Å². The Morgan fingerprint density at radius 3 is 2.40 bits per heavy atom. The number of hydrogen-bond donors (Lipinski definition) is 2. The van der Waals surface area contributed by atoms with Crippen LogP contribution < -0.4 is 4.72 Å². The highest BCUT2D eigenvalue weighted by Crippen LogP contribution is 2.32. The van der Waals surface area contributed by atoms with Crippen LogP contribution in [0.4, 0.5) is 0 Å². The van der Waals surface area contributed by atoms with Crippen LogP contribution in [0.25, 0.3) is 0 Å². The topological polar surface area (TPSA) is 87.7 Å². The van der Waals surface area contributed by atoms with Crippen LogP contribution in [0.5, 0.6) is 0 Å². The monoisotopic (exact) mass is 354 g/mol. The van der Waals surface area contributed by atoms with Crippen molar-refractivity contribution < 1.29 is 8.42 Å². The van der Waals surface area contributed by atoms with Gasteiger partial charge in [0, 0.05) is 18.0 Å². The lowest BCUT2D eigenvalue weighted by Gasteiger charge is -2.10. The molecule has 0 aliphatic heterocycles. The van der Waals surface area contributed by atoms with E-state index in [2.05, 4.69) is 19.9 Å². The minimum absolute atomic E-state index is 0.0327. The van der Waals surface area contributed by atoms with Crippen LogP contribution in [0.15, 0.2) is 23.4 Å². The molecular weight excluding hydrogens is 347 g/mol. The van der Waals surface area contributed by atoms with Gasteiger partial charge in [0.15, 0.2) is 0 Å². The highest BCUT2D eigenvalue weighted by atomic mass is 35.5. The van der Waals surface area contributed by atoms with Crippen LogP contribution in [0.3, 0.4) is 0 Å². The average Bonchev–Trinajstić information content (AvgIpc) is 2.79. The first-order valence-electron chi connectivity index (χ1n) is 5.38. The van der Waals surface area contributed by atoms with Crippen molar-refractivity contribution in [1.29, 1.82) is 0 Å². The molecule has 0 aliphatic rings. The molecular formula is C10H9Cl3N4O2S. The number of halogens is 3. The van der Waals surface area contributed by atoms with Crippen LogP contribution >= 0.6 is 34.8 Å². The summed E-state index contributed by atoms with van der Waals surface area (Å²) in [5, 5.41) is 6.49. The summed E-state index contributed by atoms with van der Waals surface area (Å²) >= 11 is 17.5. The molecule has 0 amide bonds. The van der Waals surface area contributed by atoms with Gasteiger partial charge < -0.3 is 0 Å². The fourth-order valence-corrected chi connectivity index (χ4v) is 4.09. The van der Waals surface area contributed by atoms with Gasteiger partial charge in [0.05, 0.1) is 10.0 Å². The minimum atomic E-state index is -3.83. The third kappa shape index (κ3) is 3.62. The van der Waals surface area contributed by atoms with Crippen molar-refractivity contribution in [2.45, 2.75) is 11.3 Å². The maximum absolute atomic E-state index is 12.1. The Bertz CT molecular complexity index is 680. The number of hydrogen-bond acceptors (Lipinski definition) is 4. The van der Waals surface area contributed by atoms with Gasteiger partial charge >= 0.3 is 0 Å². The zero-order valence-corrected chi connectivity index (χ0v) is 13.0. The standard InChI is InChI=1S/C10H9Cl3N4O2S/c11-6-3-7(12)10(8(13)4-6)20(18,19)16-2-1-9-14-5-15-17-9/h3-5,16H,1-2H2,(H,14,15,17). The van der Waals surface area contributed by atoms with E-state index in [1.54, 1.807) is 0 Å². The van der Waals surface area contributed by atoms with Gasteiger partial charge in [0.2, 0.25) is 10.0 Å². The van der Waals surface area contributed by atoms with E-state index in [0.717, 1.165) is 0 Å². The zero-order valence-electron chi connectivity index (χ0n) is 9.90. The SMILES string of the molecule is O=S(=O)(NCCc1ncn[nH]1)c1c(Cl)cc(Cl)cc1Cl. The summed E-state index contributed by atoms with van der Waals surface area (Å²) in [6.45, 7) is 0.132. The van der Waals surface area contributed by atoms with Crippen LogP contribution in [0.2, 0.25) is 15.1 Å². The maximum atomic E-state index is 12.1. The Kier molecular flexibility index (Phi) is 4.87. The second kappa shape index (κ2) is 6.28. The molecule has 2 aromatic rings. The lowest BCUT2D eigenvalue weighted by molar-refractivity contribution is 0.581. The summed E-state index contributed by atoms with van der Waals surface area (Å²) in [4.78, 5) is 3.69. The molecule has 0 saturated carbocycles. The number of aromatic amines is 1. The van der Waals surface area contributed by atoms with E-state index in [1.165, 1.54) is 18.5 Å². The zero-order chi connectivity index (χ0) is 14.8. The molecule has 6 nitrogen and oxygen atoms in total. The molecule has 0 fully saturated rings. The molecule has 20 heavy (non-hydrogen) atoms. The molecule has 2 N–H and O–H groups in total. The lowest BCUT2D eigenvalue weighted by atomic mass is 10.4. The van der Waals surface area contributed by atoms with Gasteiger partial charge in [-0.3, -0.25) is 5.10 Å². The van der Waals surface area contributed by atoms with Gasteiger partial charge in [-0.05, 0) is 12.1 Å². The average molecular weight is 356 g/mol. The predicted octanol–water partition coefficient (Wildman–Crippen LogP) is 2.29. The molecule has 0 radical (unpaired) electrons. The molecule has 1 heterocycles.